The molecule has 0 aliphatic heterocycles. The third-order valence-corrected chi connectivity index (χ3v) is 6.01. The predicted octanol–water partition coefficient (Wildman–Crippen LogP) is 4.82. The molecule has 0 N–H and O–H groups in total. The van der Waals surface area contributed by atoms with Crippen molar-refractivity contribution in [2.24, 2.45) is 0 Å². The van der Waals surface area contributed by atoms with E-state index in [2.05, 4.69) is 15.2 Å². The van der Waals surface area contributed by atoms with Crippen LogP contribution in [-0.2, 0) is 5.75 Å². The van der Waals surface area contributed by atoms with Gasteiger partial charge in [-0.15, -0.1) is 10.2 Å². The maximum Gasteiger partial charge on any atom is 0.258 e. The Morgan fingerprint density at radius 3 is 2.33 bits per heavy atom. The van der Waals surface area contributed by atoms with Crippen LogP contribution in [0.1, 0.15) is 11.3 Å². The molecule has 33 heavy (non-hydrogen) atoms. The van der Waals surface area contributed by atoms with Gasteiger partial charge in [-0.2, -0.15) is 0 Å². The summed E-state index contributed by atoms with van der Waals surface area (Å²) in [7, 11) is 0. The molecule has 0 unspecified atom stereocenters. The fourth-order valence-electron chi connectivity index (χ4n) is 3.44. The molecule has 6 nitrogen and oxygen atoms in total. The van der Waals surface area contributed by atoms with Gasteiger partial charge in [0.25, 0.3) is 5.56 Å². The summed E-state index contributed by atoms with van der Waals surface area (Å²) in [5, 5.41) is 9.14. The van der Waals surface area contributed by atoms with E-state index in [4.69, 9.17) is 0 Å². The lowest BCUT2D eigenvalue weighted by Crippen LogP contribution is -2.15. The minimum Gasteiger partial charge on any atom is -0.270 e. The van der Waals surface area contributed by atoms with E-state index < -0.39 is 0 Å². The lowest BCUT2D eigenvalue weighted by Gasteiger charge is -2.11. The second-order valence-corrected chi connectivity index (χ2v) is 8.37. The fraction of sp³-hybridized carbons (Fsp3) is 0.0833. The van der Waals surface area contributed by atoms with Crippen LogP contribution in [0.5, 0.6) is 0 Å². The number of hydrogen-bond acceptors (Lipinski definition) is 5. The summed E-state index contributed by atoms with van der Waals surface area (Å²) in [5.41, 5.74) is 3.34. The first kappa shape index (κ1) is 21.0. The number of rotatable bonds is 5. The number of aromatic nitrogens is 5. The predicted molar refractivity (Wildman–Crippen MR) is 122 cm³/mol. The molecule has 0 aliphatic rings. The van der Waals surface area contributed by atoms with Crippen molar-refractivity contribution in [2.45, 2.75) is 17.8 Å². The van der Waals surface area contributed by atoms with Gasteiger partial charge in [0.1, 0.15) is 17.3 Å². The molecule has 9 heteroatoms. The van der Waals surface area contributed by atoms with Crippen LogP contribution in [-0.4, -0.2) is 24.1 Å². The topological polar surface area (TPSA) is 65.1 Å². The first-order valence-electron chi connectivity index (χ1n) is 10.1. The number of hydrogen-bond donors (Lipinski definition) is 0. The van der Waals surface area contributed by atoms with Gasteiger partial charge in [0.2, 0.25) is 0 Å². The van der Waals surface area contributed by atoms with Gasteiger partial charge in [-0.05, 0) is 73.2 Å². The highest BCUT2D eigenvalue weighted by Gasteiger charge is 2.17. The largest absolute Gasteiger partial charge is 0.270 e. The van der Waals surface area contributed by atoms with Crippen LogP contribution in [0.3, 0.4) is 0 Å². The number of aryl methyl sites for hydroxylation is 1. The second kappa shape index (κ2) is 8.59. The molecule has 3 heterocycles. The molecular formula is C24H17F2N5OS. The van der Waals surface area contributed by atoms with E-state index in [0.29, 0.717) is 39.3 Å². The molecule has 0 amide bonds. The van der Waals surface area contributed by atoms with Crippen molar-refractivity contribution >= 4 is 17.4 Å². The zero-order valence-electron chi connectivity index (χ0n) is 17.4. The summed E-state index contributed by atoms with van der Waals surface area (Å²) in [6.07, 6.45) is 1.71. The summed E-state index contributed by atoms with van der Waals surface area (Å²) < 4.78 is 30.2. The van der Waals surface area contributed by atoms with Gasteiger partial charge >= 0.3 is 0 Å². The van der Waals surface area contributed by atoms with Crippen molar-refractivity contribution in [1.82, 2.24) is 24.1 Å². The Kier molecular flexibility index (Phi) is 5.47. The average molecular weight is 461 g/mol. The standard InChI is InChI=1S/C24H17F2N5OS/c1-15-10-11-30-21(12-15)27-19(13-22(30)32)14-33-24-29-28-23(16-2-4-17(25)5-3-16)31(24)20-8-6-18(26)7-9-20/h2-13H,14H2,1H3. The Balaban J connectivity index is 1.53. The van der Waals surface area contributed by atoms with E-state index in [-0.39, 0.29) is 17.2 Å². The highest BCUT2D eigenvalue weighted by molar-refractivity contribution is 7.98. The molecule has 5 rings (SSSR count). The van der Waals surface area contributed by atoms with Crippen molar-refractivity contribution in [3.8, 4) is 17.1 Å². The Hall–Kier alpha value is -3.85. The van der Waals surface area contributed by atoms with Crippen LogP contribution in [0.4, 0.5) is 8.78 Å². The van der Waals surface area contributed by atoms with Gasteiger partial charge in [-0.1, -0.05) is 11.8 Å². The van der Waals surface area contributed by atoms with E-state index in [1.165, 1.54) is 46.5 Å². The summed E-state index contributed by atoms with van der Waals surface area (Å²) in [6.45, 7) is 1.94. The molecule has 3 aromatic heterocycles. The van der Waals surface area contributed by atoms with Crippen molar-refractivity contribution in [2.75, 3.05) is 0 Å². The number of pyridine rings is 1. The molecule has 0 radical (unpaired) electrons. The summed E-state index contributed by atoms with van der Waals surface area (Å²) >= 11 is 1.35. The number of fused-ring (bicyclic) bond motifs is 1. The summed E-state index contributed by atoms with van der Waals surface area (Å²) in [6, 6.07) is 17.1. The lowest BCUT2D eigenvalue weighted by atomic mass is 10.2. The fourth-order valence-corrected chi connectivity index (χ4v) is 4.28. The van der Waals surface area contributed by atoms with Gasteiger partial charge in [0.15, 0.2) is 11.0 Å². The molecular weight excluding hydrogens is 444 g/mol. The van der Waals surface area contributed by atoms with E-state index in [9.17, 15) is 13.6 Å². The van der Waals surface area contributed by atoms with E-state index in [0.717, 1.165) is 5.56 Å². The van der Waals surface area contributed by atoms with Crippen molar-refractivity contribution in [3.05, 3.63) is 106 Å². The summed E-state index contributed by atoms with van der Waals surface area (Å²) in [5.74, 6) is 0.152. The Morgan fingerprint density at radius 2 is 1.61 bits per heavy atom. The SMILES string of the molecule is Cc1ccn2c(=O)cc(CSc3nnc(-c4ccc(F)cc4)n3-c3ccc(F)cc3)nc2c1. The van der Waals surface area contributed by atoms with Crippen LogP contribution in [0.15, 0.2) is 82.9 Å². The van der Waals surface area contributed by atoms with Crippen molar-refractivity contribution in [3.63, 3.8) is 0 Å². The Bertz CT molecular complexity index is 1510. The molecule has 2 aromatic carbocycles. The monoisotopic (exact) mass is 461 g/mol. The molecule has 164 valence electrons. The maximum atomic E-state index is 13.5. The maximum absolute atomic E-state index is 13.5. The lowest BCUT2D eigenvalue weighted by molar-refractivity contribution is 0.626. The zero-order chi connectivity index (χ0) is 22.9. The normalized spacial score (nSPS) is 11.2. The molecule has 0 fully saturated rings. The van der Waals surface area contributed by atoms with Crippen molar-refractivity contribution < 1.29 is 8.78 Å². The van der Waals surface area contributed by atoms with Gasteiger partial charge < -0.3 is 0 Å². The van der Waals surface area contributed by atoms with E-state index in [1.807, 2.05) is 19.1 Å². The quantitative estimate of drug-likeness (QED) is 0.351. The first-order chi connectivity index (χ1) is 16.0. The van der Waals surface area contributed by atoms with Crippen LogP contribution in [0.25, 0.3) is 22.7 Å². The number of benzene rings is 2. The second-order valence-electron chi connectivity index (χ2n) is 7.43. The van der Waals surface area contributed by atoms with Gasteiger partial charge in [0, 0.05) is 29.3 Å². The minimum absolute atomic E-state index is 0.164. The van der Waals surface area contributed by atoms with Gasteiger partial charge in [-0.25, -0.2) is 13.8 Å². The average Bonchev–Trinajstić information content (AvgIpc) is 3.22. The third kappa shape index (κ3) is 4.27. The molecule has 0 aliphatic carbocycles. The van der Waals surface area contributed by atoms with Gasteiger partial charge in [0.05, 0.1) is 5.69 Å². The van der Waals surface area contributed by atoms with Crippen LogP contribution in [0.2, 0.25) is 0 Å². The molecule has 5 aromatic rings. The third-order valence-electron chi connectivity index (χ3n) is 5.05. The Morgan fingerprint density at radius 1 is 0.909 bits per heavy atom. The van der Waals surface area contributed by atoms with E-state index >= 15 is 0 Å². The number of halogens is 2. The van der Waals surface area contributed by atoms with E-state index in [1.54, 1.807) is 35.0 Å². The molecule has 0 spiro atoms. The number of thioether (sulfide) groups is 1. The van der Waals surface area contributed by atoms with Crippen molar-refractivity contribution in [1.29, 1.82) is 0 Å². The highest BCUT2D eigenvalue weighted by Crippen LogP contribution is 2.29. The molecule has 0 saturated heterocycles. The highest BCUT2D eigenvalue weighted by atomic mass is 32.2. The zero-order valence-corrected chi connectivity index (χ0v) is 18.3. The molecule has 0 bridgehead atoms. The Labute approximate surface area is 191 Å². The number of nitrogens with zero attached hydrogens (tertiary/aromatic N) is 5. The smallest absolute Gasteiger partial charge is 0.258 e. The minimum atomic E-state index is -0.361. The molecule has 0 atom stereocenters. The van der Waals surface area contributed by atoms with Gasteiger partial charge in [-0.3, -0.25) is 13.8 Å². The van der Waals surface area contributed by atoms with Crippen LogP contribution < -0.4 is 5.56 Å². The summed E-state index contributed by atoms with van der Waals surface area (Å²) in [4.78, 5) is 17.1. The molecule has 0 saturated carbocycles. The van der Waals surface area contributed by atoms with Crippen LogP contribution >= 0.6 is 11.8 Å². The van der Waals surface area contributed by atoms with Crippen LogP contribution in [0, 0.1) is 18.6 Å². The first-order valence-corrected chi connectivity index (χ1v) is 11.1.